The number of anilines is 1. The number of carbonyl (C=O) groups is 2. The van der Waals surface area contributed by atoms with Crippen molar-refractivity contribution < 1.29 is 9.59 Å². The molecule has 0 bridgehead atoms. The first-order chi connectivity index (χ1) is 14.4. The van der Waals surface area contributed by atoms with Crippen LogP contribution in [0.3, 0.4) is 0 Å². The van der Waals surface area contributed by atoms with Crippen LogP contribution in [0.25, 0.3) is 5.69 Å². The van der Waals surface area contributed by atoms with E-state index in [1.54, 1.807) is 0 Å². The first kappa shape index (κ1) is 20.4. The molecule has 1 aliphatic rings. The molecule has 1 saturated heterocycles. The summed E-state index contributed by atoms with van der Waals surface area (Å²) in [6, 6.07) is 17.7. The number of rotatable bonds is 5. The molecule has 0 atom stereocenters. The largest absolute Gasteiger partial charge is 0.338 e. The zero-order valence-corrected chi connectivity index (χ0v) is 18.7. The summed E-state index contributed by atoms with van der Waals surface area (Å²) in [5.41, 5.74) is 5.31. The second kappa shape index (κ2) is 8.48. The van der Waals surface area contributed by atoms with Gasteiger partial charge in [0, 0.05) is 46.7 Å². The fourth-order valence-electron chi connectivity index (χ4n) is 4.02. The van der Waals surface area contributed by atoms with E-state index in [1.807, 2.05) is 73.3 Å². The Labute approximate surface area is 184 Å². The standard InChI is InChI=1S/C24H24BrN3O2/c1-16-13-22(17(2)28(16)21-10-8-19(25)9-11-21)24(30)26-20-6-3-5-18(14-20)15-27-12-4-7-23(27)29/h3,5-6,8-11,13-14H,4,7,12,15H2,1-2H3,(H,26,30). The summed E-state index contributed by atoms with van der Waals surface area (Å²) in [7, 11) is 0. The molecular formula is C24H24BrN3O2. The van der Waals surface area contributed by atoms with Crippen LogP contribution < -0.4 is 5.32 Å². The van der Waals surface area contributed by atoms with Gasteiger partial charge in [-0.05, 0) is 68.3 Å². The number of nitrogens with one attached hydrogen (secondary N) is 1. The summed E-state index contributed by atoms with van der Waals surface area (Å²) in [4.78, 5) is 26.8. The van der Waals surface area contributed by atoms with Crippen molar-refractivity contribution in [2.45, 2.75) is 33.2 Å². The zero-order valence-electron chi connectivity index (χ0n) is 17.1. The van der Waals surface area contributed by atoms with Gasteiger partial charge in [-0.15, -0.1) is 0 Å². The van der Waals surface area contributed by atoms with Gasteiger partial charge in [-0.2, -0.15) is 0 Å². The second-order valence-electron chi connectivity index (χ2n) is 7.67. The Balaban J connectivity index is 1.53. The van der Waals surface area contributed by atoms with Gasteiger partial charge in [-0.1, -0.05) is 28.1 Å². The molecule has 1 aliphatic heterocycles. The number of halogens is 1. The Morgan fingerprint density at radius 3 is 2.57 bits per heavy atom. The molecule has 2 heterocycles. The molecule has 0 spiro atoms. The lowest BCUT2D eigenvalue weighted by molar-refractivity contribution is -0.128. The van der Waals surface area contributed by atoms with Crippen LogP contribution in [0.5, 0.6) is 0 Å². The zero-order chi connectivity index (χ0) is 21.3. The van der Waals surface area contributed by atoms with E-state index in [1.165, 1.54) is 0 Å². The van der Waals surface area contributed by atoms with E-state index in [4.69, 9.17) is 0 Å². The van der Waals surface area contributed by atoms with Crippen molar-refractivity contribution in [3.05, 3.63) is 81.6 Å². The molecule has 0 aliphatic carbocycles. The highest BCUT2D eigenvalue weighted by molar-refractivity contribution is 9.10. The molecule has 3 aromatic rings. The third-order valence-electron chi connectivity index (χ3n) is 5.49. The van der Waals surface area contributed by atoms with E-state index in [-0.39, 0.29) is 11.8 Å². The first-order valence-electron chi connectivity index (χ1n) is 10.1. The first-order valence-corrected chi connectivity index (χ1v) is 10.8. The number of benzene rings is 2. The van der Waals surface area contributed by atoms with Crippen molar-refractivity contribution in [2.75, 3.05) is 11.9 Å². The molecule has 1 aromatic heterocycles. The predicted molar refractivity (Wildman–Crippen MR) is 122 cm³/mol. The normalized spacial score (nSPS) is 13.7. The van der Waals surface area contributed by atoms with Gasteiger partial charge in [-0.25, -0.2) is 0 Å². The van der Waals surface area contributed by atoms with Gasteiger partial charge in [0.15, 0.2) is 0 Å². The van der Waals surface area contributed by atoms with Crippen LogP contribution >= 0.6 is 15.9 Å². The predicted octanol–water partition coefficient (Wildman–Crippen LogP) is 5.23. The molecule has 0 radical (unpaired) electrons. The van der Waals surface area contributed by atoms with Crippen LogP contribution in [0.1, 0.15) is 40.2 Å². The average Bonchev–Trinajstić information content (AvgIpc) is 3.25. The highest BCUT2D eigenvalue weighted by Crippen LogP contribution is 2.24. The van der Waals surface area contributed by atoms with Crippen LogP contribution in [0.15, 0.2) is 59.1 Å². The number of aryl methyl sites for hydroxylation is 1. The SMILES string of the molecule is Cc1cc(C(=O)Nc2cccc(CN3CCCC3=O)c2)c(C)n1-c1ccc(Br)cc1. The van der Waals surface area contributed by atoms with Crippen molar-refractivity contribution in [1.82, 2.24) is 9.47 Å². The molecular weight excluding hydrogens is 442 g/mol. The van der Waals surface area contributed by atoms with Gasteiger partial charge in [-0.3, -0.25) is 9.59 Å². The van der Waals surface area contributed by atoms with E-state index >= 15 is 0 Å². The van der Waals surface area contributed by atoms with E-state index in [0.717, 1.165) is 45.8 Å². The van der Waals surface area contributed by atoms with E-state index in [2.05, 4.69) is 25.8 Å². The third-order valence-corrected chi connectivity index (χ3v) is 6.02. The summed E-state index contributed by atoms with van der Waals surface area (Å²) in [6.45, 7) is 5.34. The Bertz CT molecular complexity index is 1100. The van der Waals surface area contributed by atoms with Crippen LogP contribution in [-0.4, -0.2) is 27.8 Å². The van der Waals surface area contributed by atoms with Crippen molar-refractivity contribution in [3.8, 4) is 5.69 Å². The smallest absolute Gasteiger partial charge is 0.257 e. The fraction of sp³-hybridized carbons (Fsp3) is 0.250. The van der Waals surface area contributed by atoms with Crippen LogP contribution in [-0.2, 0) is 11.3 Å². The topological polar surface area (TPSA) is 54.3 Å². The Morgan fingerprint density at radius 1 is 1.10 bits per heavy atom. The number of amides is 2. The van der Waals surface area contributed by atoms with Gasteiger partial charge in [0.05, 0.1) is 5.56 Å². The molecule has 154 valence electrons. The van der Waals surface area contributed by atoms with Gasteiger partial charge in [0.1, 0.15) is 0 Å². The highest BCUT2D eigenvalue weighted by Gasteiger charge is 2.20. The molecule has 1 N–H and O–H groups in total. The highest BCUT2D eigenvalue weighted by atomic mass is 79.9. The van der Waals surface area contributed by atoms with E-state index in [9.17, 15) is 9.59 Å². The quantitative estimate of drug-likeness (QED) is 0.560. The Hall–Kier alpha value is -2.86. The minimum Gasteiger partial charge on any atom is -0.338 e. The Morgan fingerprint density at radius 2 is 1.87 bits per heavy atom. The molecule has 2 aromatic carbocycles. The number of hydrogen-bond acceptors (Lipinski definition) is 2. The molecule has 2 amide bonds. The number of likely N-dealkylation sites (tertiary alicyclic amines) is 1. The maximum atomic E-state index is 13.0. The minimum absolute atomic E-state index is 0.138. The van der Waals surface area contributed by atoms with Crippen molar-refractivity contribution >= 4 is 33.4 Å². The molecule has 0 unspecified atom stereocenters. The molecule has 4 rings (SSSR count). The summed E-state index contributed by atoms with van der Waals surface area (Å²) in [5, 5.41) is 3.01. The van der Waals surface area contributed by atoms with E-state index < -0.39 is 0 Å². The van der Waals surface area contributed by atoms with Crippen molar-refractivity contribution in [1.29, 1.82) is 0 Å². The lowest BCUT2D eigenvalue weighted by atomic mass is 10.1. The lowest BCUT2D eigenvalue weighted by Crippen LogP contribution is -2.23. The number of nitrogens with zero attached hydrogens (tertiary/aromatic N) is 2. The maximum Gasteiger partial charge on any atom is 0.257 e. The lowest BCUT2D eigenvalue weighted by Gasteiger charge is -2.16. The third kappa shape index (κ3) is 4.19. The average molecular weight is 466 g/mol. The van der Waals surface area contributed by atoms with Gasteiger partial charge >= 0.3 is 0 Å². The number of aromatic nitrogens is 1. The van der Waals surface area contributed by atoms with Gasteiger partial charge in [0.2, 0.25) is 5.91 Å². The number of hydrogen-bond donors (Lipinski definition) is 1. The fourth-order valence-corrected chi connectivity index (χ4v) is 4.28. The van der Waals surface area contributed by atoms with Crippen molar-refractivity contribution in [3.63, 3.8) is 0 Å². The molecule has 6 heteroatoms. The van der Waals surface area contributed by atoms with Gasteiger partial charge in [0.25, 0.3) is 5.91 Å². The summed E-state index contributed by atoms with van der Waals surface area (Å²) in [5.74, 6) is 0.0608. The molecule has 1 fully saturated rings. The second-order valence-corrected chi connectivity index (χ2v) is 8.59. The minimum atomic E-state index is -0.138. The molecule has 0 saturated carbocycles. The van der Waals surface area contributed by atoms with Crippen LogP contribution in [0.2, 0.25) is 0 Å². The maximum absolute atomic E-state index is 13.0. The van der Waals surface area contributed by atoms with Gasteiger partial charge < -0.3 is 14.8 Å². The van der Waals surface area contributed by atoms with Crippen LogP contribution in [0.4, 0.5) is 5.69 Å². The Kier molecular flexibility index (Phi) is 5.77. The summed E-state index contributed by atoms with van der Waals surface area (Å²) in [6.07, 6.45) is 1.55. The van der Waals surface area contributed by atoms with Crippen LogP contribution in [0, 0.1) is 13.8 Å². The summed E-state index contributed by atoms with van der Waals surface area (Å²) < 4.78 is 3.10. The van der Waals surface area contributed by atoms with E-state index in [0.29, 0.717) is 18.5 Å². The summed E-state index contributed by atoms with van der Waals surface area (Å²) >= 11 is 3.46. The molecule has 5 nitrogen and oxygen atoms in total. The van der Waals surface area contributed by atoms with Crippen molar-refractivity contribution in [2.24, 2.45) is 0 Å². The monoisotopic (exact) mass is 465 g/mol. The number of carbonyl (C=O) groups excluding carboxylic acids is 2. The molecule has 30 heavy (non-hydrogen) atoms.